The van der Waals surface area contributed by atoms with Gasteiger partial charge >= 0.3 is 5.30 Å². The molecule has 1 atom stereocenters. The van der Waals surface area contributed by atoms with Crippen LogP contribution in [-0.2, 0) is 17.4 Å². The van der Waals surface area contributed by atoms with E-state index < -0.39 is 5.30 Å². The summed E-state index contributed by atoms with van der Waals surface area (Å²) < 4.78 is 4.73. The lowest BCUT2D eigenvalue weighted by atomic mass is 9.90. The fourth-order valence-electron chi connectivity index (χ4n) is 2.10. The molecule has 0 heterocycles. The molecule has 0 bridgehead atoms. The summed E-state index contributed by atoms with van der Waals surface area (Å²) in [5, 5.41) is 7.05. The highest BCUT2D eigenvalue weighted by Gasteiger charge is 2.16. The van der Waals surface area contributed by atoms with Gasteiger partial charge in [0, 0.05) is 11.5 Å². The highest BCUT2D eigenvalue weighted by Crippen LogP contribution is 2.30. The summed E-state index contributed by atoms with van der Waals surface area (Å²) >= 11 is 2.70. The molecule has 1 aromatic rings. The number of benzene rings is 1. The van der Waals surface area contributed by atoms with E-state index >= 15 is 0 Å². The lowest BCUT2D eigenvalue weighted by Crippen LogP contribution is -2.09. The van der Waals surface area contributed by atoms with Crippen molar-refractivity contribution in [3.05, 3.63) is 52.6 Å². The summed E-state index contributed by atoms with van der Waals surface area (Å²) in [6.07, 6.45) is 6.10. The molecule has 2 rings (SSSR count). The second kappa shape index (κ2) is 5.45. The largest absolute Gasteiger partial charge is 0.527 e. The molecule has 0 saturated carbocycles. The summed E-state index contributed by atoms with van der Waals surface area (Å²) in [7, 11) is 0. The molecule has 0 amide bonds. The van der Waals surface area contributed by atoms with Crippen molar-refractivity contribution in [3.63, 3.8) is 0 Å². The van der Waals surface area contributed by atoms with Gasteiger partial charge in [-0.1, -0.05) is 36.8 Å². The predicted octanol–water partition coefficient (Wildman–Crippen LogP) is 3.24. The van der Waals surface area contributed by atoms with Crippen LogP contribution in [0.25, 0.3) is 6.08 Å². The molecule has 3 nitrogen and oxygen atoms in total. The lowest BCUT2D eigenvalue weighted by Gasteiger charge is -2.15. The highest BCUT2D eigenvalue weighted by atomic mass is 32.1. The van der Waals surface area contributed by atoms with Crippen LogP contribution in [0.15, 0.2) is 35.9 Å². The first-order valence-electron chi connectivity index (χ1n) is 6.00. The van der Waals surface area contributed by atoms with E-state index in [9.17, 15) is 4.79 Å². The molecule has 1 N–H and O–H groups in total. The van der Waals surface area contributed by atoms with Gasteiger partial charge in [0.05, 0.1) is 12.6 Å². The maximum atomic E-state index is 10.8. The molecule has 0 spiro atoms. The first kappa shape index (κ1) is 13.6. The van der Waals surface area contributed by atoms with Crippen molar-refractivity contribution in [1.82, 2.24) is 0 Å². The number of fused-ring (bicyclic) bond motifs is 1. The second-order valence-corrected chi connectivity index (χ2v) is 4.96. The summed E-state index contributed by atoms with van der Waals surface area (Å²) in [5.41, 5.74) is 4.14. The SMILES string of the molecule is CC1=CC=Cc2cc(C(=N)OC(=O)[SH2+])ccc2C1C. The second-order valence-electron chi connectivity index (χ2n) is 4.55. The number of hydrogen-bond donors (Lipinski definition) is 1. The van der Waals surface area contributed by atoms with Gasteiger partial charge < -0.3 is 4.74 Å². The Hall–Kier alpha value is -1.81. The van der Waals surface area contributed by atoms with Gasteiger partial charge in [0.25, 0.3) is 0 Å². The smallest absolute Gasteiger partial charge is 0.367 e. The maximum absolute atomic E-state index is 10.8. The molecular formula is C15H16NO2S+. The minimum atomic E-state index is -0.665. The van der Waals surface area contributed by atoms with Crippen LogP contribution in [0.3, 0.4) is 0 Å². The number of hydrogen-bond acceptors (Lipinski definition) is 3. The van der Waals surface area contributed by atoms with Gasteiger partial charge in [-0.05, 0) is 30.2 Å². The summed E-state index contributed by atoms with van der Waals surface area (Å²) in [4.78, 5) is 10.8. The molecule has 0 radical (unpaired) electrons. The molecular weight excluding hydrogens is 258 g/mol. The van der Waals surface area contributed by atoms with E-state index in [2.05, 4.69) is 32.6 Å². The average Bonchev–Trinajstić information content (AvgIpc) is 2.49. The van der Waals surface area contributed by atoms with E-state index in [0.29, 0.717) is 11.5 Å². The van der Waals surface area contributed by atoms with Crippen molar-refractivity contribution in [2.45, 2.75) is 19.8 Å². The molecule has 0 aliphatic heterocycles. The minimum absolute atomic E-state index is 0.155. The van der Waals surface area contributed by atoms with Gasteiger partial charge in [-0.15, -0.1) is 0 Å². The molecule has 4 heteroatoms. The molecule has 1 aliphatic carbocycles. The van der Waals surface area contributed by atoms with Crippen LogP contribution in [0.5, 0.6) is 0 Å². The zero-order chi connectivity index (χ0) is 14.0. The van der Waals surface area contributed by atoms with Crippen LogP contribution < -0.4 is 0 Å². The third-order valence-electron chi connectivity index (χ3n) is 3.33. The van der Waals surface area contributed by atoms with Crippen molar-refractivity contribution >= 4 is 29.9 Å². The number of allylic oxidation sites excluding steroid dienone is 3. The standard InChI is InChI=1S/C15H15NO2S/c1-9-4-3-5-11-8-12(14(16)18-15(17)19)6-7-13(11)10(9)2/h3-8,10,16H,1-2H3,(H,17,19)/p+1. The Labute approximate surface area is 117 Å². The average molecular weight is 274 g/mol. The zero-order valence-electron chi connectivity index (χ0n) is 10.9. The Morgan fingerprint density at radius 3 is 2.84 bits per heavy atom. The van der Waals surface area contributed by atoms with E-state index in [1.165, 1.54) is 11.1 Å². The Morgan fingerprint density at radius 1 is 1.42 bits per heavy atom. The molecule has 1 aromatic carbocycles. The summed E-state index contributed by atoms with van der Waals surface area (Å²) in [5.74, 6) is 0.185. The van der Waals surface area contributed by atoms with Gasteiger partial charge in [0.1, 0.15) is 0 Å². The molecule has 0 saturated heterocycles. The van der Waals surface area contributed by atoms with Crippen molar-refractivity contribution in [2.24, 2.45) is 0 Å². The quantitative estimate of drug-likeness (QED) is 0.370. The molecule has 1 aliphatic rings. The van der Waals surface area contributed by atoms with Gasteiger partial charge in [-0.25, -0.2) is 0 Å². The Balaban J connectivity index is 2.38. The predicted molar refractivity (Wildman–Crippen MR) is 81.1 cm³/mol. The van der Waals surface area contributed by atoms with Crippen molar-refractivity contribution in [1.29, 1.82) is 5.41 Å². The number of ether oxygens (including phenoxy) is 1. The molecule has 0 aromatic heterocycles. The van der Waals surface area contributed by atoms with Crippen LogP contribution in [0, 0.1) is 5.41 Å². The Bertz CT molecular complexity index is 602. The Morgan fingerprint density at radius 2 is 2.16 bits per heavy atom. The van der Waals surface area contributed by atoms with Gasteiger partial charge in [0.15, 0.2) is 0 Å². The zero-order valence-corrected chi connectivity index (χ0v) is 11.9. The van der Waals surface area contributed by atoms with Gasteiger partial charge in [0.2, 0.25) is 5.90 Å². The van der Waals surface area contributed by atoms with Gasteiger partial charge in [-0.3, -0.25) is 5.41 Å². The number of carbonyl (C=O) groups is 1. The molecule has 19 heavy (non-hydrogen) atoms. The highest BCUT2D eigenvalue weighted by molar-refractivity contribution is 7.76. The fourth-order valence-corrected chi connectivity index (χ4v) is 2.20. The van der Waals surface area contributed by atoms with Crippen molar-refractivity contribution < 1.29 is 9.53 Å². The first-order chi connectivity index (χ1) is 8.99. The molecule has 0 fully saturated rings. The van der Waals surface area contributed by atoms with Crippen LogP contribution in [0.2, 0.25) is 0 Å². The molecule has 98 valence electrons. The normalized spacial score (nSPS) is 17.2. The minimum Gasteiger partial charge on any atom is -0.367 e. The molecule has 1 unspecified atom stereocenters. The van der Waals surface area contributed by atoms with Crippen molar-refractivity contribution in [2.75, 3.05) is 0 Å². The summed E-state index contributed by atoms with van der Waals surface area (Å²) in [6.45, 7) is 4.26. The van der Waals surface area contributed by atoms with Crippen LogP contribution in [0.1, 0.15) is 36.5 Å². The van der Waals surface area contributed by atoms with E-state index in [0.717, 1.165) is 5.56 Å². The Kier molecular flexibility index (Phi) is 3.90. The topological polar surface area (TPSA) is 50.1 Å². The first-order valence-corrected chi connectivity index (χ1v) is 6.50. The van der Waals surface area contributed by atoms with Crippen LogP contribution >= 0.6 is 0 Å². The van der Waals surface area contributed by atoms with E-state index in [1.807, 2.05) is 24.3 Å². The van der Waals surface area contributed by atoms with E-state index in [1.54, 1.807) is 6.07 Å². The maximum Gasteiger partial charge on any atom is 0.527 e. The van der Waals surface area contributed by atoms with E-state index in [4.69, 9.17) is 10.1 Å². The number of carbonyl (C=O) groups excluding carboxylic acids is 1. The summed E-state index contributed by atoms with van der Waals surface area (Å²) in [6, 6.07) is 5.66. The third-order valence-corrected chi connectivity index (χ3v) is 3.43. The third kappa shape index (κ3) is 2.96. The van der Waals surface area contributed by atoms with Crippen molar-refractivity contribution in [3.8, 4) is 0 Å². The monoisotopic (exact) mass is 274 g/mol. The van der Waals surface area contributed by atoms with E-state index in [-0.39, 0.29) is 5.90 Å². The van der Waals surface area contributed by atoms with Crippen LogP contribution in [0.4, 0.5) is 4.79 Å². The van der Waals surface area contributed by atoms with Crippen LogP contribution in [-0.4, -0.2) is 11.2 Å². The number of rotatable bonds is 1. The fraction of sp³-hybridized carbons (Fsp3) is 0.200. The number of nitrogens with one attached hydrogen (secondary N) is 1. The van der Waals surface area contributed by atoms with Gasteiger partial charge in [-0.2, -0.15) is 4.79 Å². The lowest BCUT2D eigenvalue weighted by molar-refractivity contribution is 0.224.